The third-order valence-corrected chi connectivity index (χ3v) is 6.84. The lowest BCUT2D eigenvalue weighted by atomic mass is 9.92. The first-order chi connectivity index (χ1) is 18.7. The van der Waals surface area contributed by atoms with Crippen LogP contribution in [0.4, 0.5) is 0 Å². The number of ketones is 1. The smallest absolute Gasteiger partial charge is 0.338 e. The number of amides is 1. The number of nitrogens with zero attached hydrogens (tertiary/aromatic N) is 1. The first-order valence-electron chi connectivity index (χ1n) is 13.0. The molecule has 7 nitrogen and oxygen atoms in total. The highest BCUT2D eigenvalue weighted by Gasteiger charge is 2.46. The highest BCUT2D eigenvalue weighted by molar-refractivity contribution is 6.46. The SMILES string of the molecule is CCOC(=O)c1ccc(CN2C(=O)C(=O)/C(=C(\O)c3ccc(OC)c(C(C)C)c3)C2c2cccc(C)c2)cc1. The average Bonchev–Trinajstić information content (AvgIpc) is 3.17. The Morgan fingerprint density at radius 2 is 1.69 bits per heavy atom. The molecule has 1 unspecified atom stereocenters. The van der Waals surface area contributed by atoms with E-state index < -0.39 is 23.7 Å². The number of hydrogen-bond acceptors (Lipinski definition) is 6. The number of carbonyl (C=O) groups excluding carboxylic acids is 3. The largest absolute Gasteiger partial charge is 0.507 e. The topological polar surface area (TPSA) is 93.1 Å². The molecule has 39 heavy (non-hydrogen) atoms. The number of aryl methyl sites for hydroxylation is 1. The van der Waals surface area contributed by atoms with E-state index in [4.69, 9.17) is 9.47 Å². The van der Waals surface area contributed by atoms with Crippen LogP contribution < -0.4 is 4.74 Å². The van der Waals surface area contributed by atoms with E-state index in [-0.39, 0.29) is 30.4 Å². The third-order valence-electron chi connectivity index (χ3n) is 6.84. The Labute approximate surface area is 228 Å². The third kappa shape index (κ3) is 5.58. The highest BCUT2D eigenvalue weighted by Crippen LogP contribution is 2.41. The summed E-state index contributed by atoms with van der Waals surface area (Å²) < 4.78 is 10.5. The molecule has 0 radical (unpaired) electrons. The van der Waals surface area contributed by atoms with E-state index in [2.05, 4.69) is 0 Å². The first kappa shape index (κ1) is 27.6. The molecule has 1 aliphatic rings. The molecule has 1 N–H and O–H groups in total. The minimum atomic E-state index is -0.792. The molecule has 1 heterocycles. The van der Waals surface area contributed by atoms with E-state index in [1.807, 2.05) is 45.0 Å². The van der Waals surface area contributed by atoms with Gasteiger partial charge in [-0.1, -0.05) is 55.8 Å². The van der Waals surface area contributed by atoms with Crippen LogP contribution in [0.1, 0.15) is 70.9 Å². The standard InChI is InChI=1S/C32H33NO6/c1-6-39-32(37)22-12-10-21(11-13-22)18-33-28(23-9-7-8-20(4)16-23)27(30(35)31(33)36)29(34)24-14-15-26(38-5)25(17-24)19(2)3/h7-17,19,28,34H,6,18H2,1-5H3/b29-27-. The van der Waals surface area contributed by atoms with Crippen molar-refractivity contribution >= 4 is 23.4 Å². The quantitative estimate of drug-likeness (QED) is 0.169. The lowest BCUT2D eigenvalue weighted by Gasteiger charge is -2.26. The number of rotatable bonds is 8. The minimum Gasteiger partial charge on any atom is -0.507 e. The van der Waals surface area contributed by atoms with Gasteiger partial charge in [-0.15, -0.1) is 0 Å². The van der Waals surface area contributed by atoms with Gasteiger partial charge in [0.15, 0.2) is 0 Å². The zero-order valence-corrected chi connectivity index (χ0v) is 22.9. The Morgan fingerprint density at radius 1 is 1.00 bits per heavy atom. The zero-order valence-electron chi connectivity index (χ0n) is 22.9. The summed E-state index contributed by atoms with van der Waals surface area (Å²) in [4.78, 5) is 40.4. The van der Waals surface area contributed by atoms with Gasteiger partial charge in [0.25, 0.3) is 11.7 Å². The van der Waals surface area contributed by atoms with E-state index in [0.29, 0.717) is 16.9 Å². The molecule has 0 aliphatic carbocycles. The van der Waals surface area contributed by atoms with Gasteiger partial charge in [-0.05, 0) is 66.8 Å². The number of likely N-dealkylation sites (tertiary alicyclic amines) is 1. The fourth-order valence-corrected chi connectivity index (χ4v) is 4.88. The van der Waals surface area contributed by atoms with E-state index in [1.54, 1.807) is 56.5 Å². The Bertz CT molecular complexity index is 1440. The number of Topliss-reactive ketones (excluding diaryl/α,β-unsaturated/α-hetero) is 1. The minimum absolute atomic E-state index is 0.0358. The second-order valence-electron chi connectivity index (χ2n) is 9.87. The fraction of sp³-hybridized carbons (Fsp3) is 0.281. The summed E-state index contributed by atoms with van der Waals surface area (Å²) in [6.45, 7) is 8.09. The predicted octanol–water partition coefficient (Wildman–Crippen LogP) is 5.93. The van der Waals surface area contributed by atoms with Crippen molar-refractivity contribution in [2.75, 3.05) is 13.7 Å². The van der Waals surface area contributed by atoms with Gasteiger partial charge in [-0.25, -0.2) is 4.79 Å². The van der Waals surface area contributed by atoms with Crippen LogP contribution in [0.5, 0.6) is 5.75 Å². The summed E-state index contributed by atoms with van der Waals surface area (Å²) in [6.07, 6.45) is 0. The molecule has 1 amide bonds. The van der Waals surface area contributed by atoms with E-state index in [0.717, 1.165) is 22.3 Å². The van der Waals surface area contributed by atoms with Gasteiger partial charge in [0, 0.05) is 12.1 Å². The number of esters is 1. The van der Waals surface area contributed by atoms with Crippen LogP contribution >= 0.6 is 0 Å². The van der Waals surface area contributed by atoms with Crippen molar-refractivity contribution < 1.29 is 29.0 Å². The van der Waals surface area contributed by atoms with Crippen LogP contribution in [0.25, 0.3) is 5.76 Å². The van der Waals surface area contributed by atoms with Crippen molar-refractivity contribution in [2.24, 2.45) is 0 Å². The number of methoxy groups -OCH3 is 1. The maximum Gasteiger partial charge on any atom is 0.338 e. The van der Waals surface area contributed by atoms with Crippen molar-refractivity contribution in [1.29, 1.82) is 0 Å². The second-order valence-corrected chi connectivity index (χ2v) is 9.87. The zero-order chi connectivity index (χ0) is 28.3. The molecule has 7 heteroatoms. The van der Waals surface area contributed by atoms with Gasteiger partial charge in [0.1, 0.15) is 11.5 Å². The second kappa shape index (κ2) is 11.6. The summed E-state index contributed by atoms with van der Waals surface area (Å²) in [6, 6.07) is 18.7. The molecular weight excluding hydrogens is 494 g/mol. The molecule has 0 bridgehead atoms. The van der Waals surface area contributed by atoms with Crippen molar-refractivity contribution in [2.45, 2.75) is 46.2 Å². The van der Waals surface area contributed by atoms with Gasteiger partial charge in [0.05, 0.1) is 30.9 Å². The van der Waals surface area contributed by atoms with Crippen molar-refractivity contribution in [3.8, 4) is 5.75 Å². The Balaban J connectivity index is 1.80. The lowest BCUT2D eigenvalue weighted by Crippen LogP contribution is -2.29. The van der Waals surface area contributed by atoms with Crippen LogP contribution in [0.15, 0.2) is 72.3 Å². The summed E-state index contributed by atoms with van der Waals surface area (Å²) in [5.74, 6) is -1.31. The number of ether oxygens (including phenoxy) is 2. The fourth-order valence-electron chi connectivity index (χ4n) is 4.88. The van der Waals surface area contributed by atoms with Crippen LogP contribution in [0.3, 0.4) is 0 Å². The molecule has 0 saturated carbocycles. The molecule has 3 aromatic carbocycles. The maximum atomic E-state index is 13.5. The first-order valence-corrected chi connectivity index (χ1v) is 13.0. The summed E-state index contributed by atoms with van der Waals surface area (Å²) in [7, 11) is 1.59. The molecule has 0 aromatic heterocycles. The van der Waals surface area contributed by atoms with Crippen LogP contribution in [-0.4, -0.2) is 41.4 Å². The normalized spacial score (nSPS) is 16.6. The molecular formula is C32H33NO6. The molecule has 0 spiro atoms. The number of carbonyl (C=O) groups is 3. The summed E-state index contributed by atoms with van der Waals surface area (Å²) >= 11 is 0. The van der Waals surface area contributed by atoms with Crippen molar-refractivity contribution in [3.63, 3.8) is 0 Å². The van der Waals surface area contributed by atoms with E-state index >= 15 is 0 Å². The van der Waals surface area contributed by atoms with Gasteiger partial charge < -0.3 is 19.5 Å². The van der Waals surface area contributed by atoms with Gasteiger partial charge in [-0.3, -0.25) is 9.59 Å². The molecule has 1 aliphatic heterocycles. The maximum absolute atomic E-state index is 13.5. The van der Waals surface area contributed by atoms with E-state index in [9.17, 15) is 19.5 Å². The molecule has 202 valence electrons. The predicted molar refractivity (Wildman–Crippen MR) is 149 cm³/mol. The van der Waals surface area contributed by atoms with Gasteiger partial charge in [-0.2, -0.15) is 0 Å². The summed E-state index contributed by atoms with van der Waals surface area (Å²) in [5, 5.41) is 11.5. The molecule has 1 saturated heterocycles. The van der Waals surface area contributed by atoms with Crippen molar-refractivity contribution in [3.05, 3.63) is 106 Å². The molecule has 1 fully saturated rings. The van der Waals surface area contributed by atoms with Crippen LogP contribution in [0.2, 0.25) is 0 Å². The summed E-state index contributed by atoms with van der Waals surface area (Å²) in [5.41, 5.74) is 4.17. The average molecular weight is 528 g/mol. The van der Waals surface area contributed by atoms with E-state index in [1.165, 1.54) is 4.90 Å². The Hall–Kier alpha value is -4.39. The Morgan fingerprint density at radius 3 is 2.31 bits per heavy atom. The highest BCUT2D eigenvalue weighted by atomic mass is 16.5. The number of aliphatic hydroxyl groups excluding tert-OH is 1. The molecule has 1 atom stereocenters. The molecule has 3 aromatic rings. The molecule has 4 rings (SSSR count). The Kier molecular flexibility index (Phi) is 8.19. The van der Waals surface area contributed by atoms with Crippen LogP contribution in [-0.2, 0) is 20.9 Å². The number of benzene rings is 3. The van der Waals surface area contributed by atoms with Gasteiger partial charge in [0.2, 0.25) is 0 Å². The number of hydrogen-bond donors (Lipinski definition) is 1. The van der Waals surface area contributed by atoms with Gasteiger partial charge >= 0.3 is 5.97 Å². The van der Waals surface area contributed by atoms with Crippen LogP contribution in [0, 0.1) is 6.92 Å². The number of aliphatic hydroxyl groups is 1. The lowest BCUT2D eigenvalue weighted by molar-refractivity contribution is -0.140. The van der Waals surface area contributed by atoms with Crippen molar-refractivity contribution in [1.82, 2.24) is 4.90 Å². The monoisotopic (exact) mass is 527 g/mol.